The van der Waals surface area contributed by atoms with Crippen molar-refractivity contribution in [3.63, 3.8) is 0 Å². The second kappa shape index (κ2) is 8.02. The Morgan fingerprint density at radius 3 is 2.60 bits per heavy atom. The number of benzene rings is 2. The third-order valence-corrected chi connectivity index (χ3v) is 3.47. The van der Waals surface area contributed by atoms with Crippen LogP contribution >= 0.6 is 0 Å². The molecule has 0 aromatic heterocycles. The number of hydrogen-bond acceptors (Lipinski definition) is 4. The number of nitriles is 1. The molecule has 0 radical (unpaired) electrons. The maximum Gasteiger partial charge on any atom is 0.328 e. The fourth-order valence-electron chi connectivity index (χ4n) is 2.22. The van der Waals surface area contributed by atoms with Crippen LogP contribution in [0.5, 0.6) is 0 Å². The Bertz CT molecular complexity index is 846. The summed E-state index contributed by atoms with van der Waals surface area (Å²) in [5.41, 5.74) is 0.923. The smallest absolute Gasteiger partial charge is 0.328 e. The molecule has 0 aliphatic heterocycles. The topological polar surface area (TPSA) is 79.2 Å². The molecule has 0 fully saturated rings. The van der Waals surface area contributed by atoms with E-state index < -0.39 is 29.6 Å². The van der Waals surface area contributed by atoms with E-state index in [0.29, 0.717) is 11.1 Å². The standard InChI is InChI=1S/C18H14F2N2O3/c1-25-18(24)16(8-11-3-2-4-12(7-11)10-21)22-17(23)13-5-6-14(19)15(20)9-13/h2-7,9,16H,8H2,1H3,(H,22,23)/t16-/m1/s1. The summed E-state index contributed by atoms with van der Waals surface area (Å²) >= 11 is 0. The molecule has 5 nitrogen and oxygen atoms in total. The summed E-state index contributed by atoms with van der Waals surface area (Å²) in [6.45, 7) is 0. The Balaban J connectivity index is 2.19. The lowest BCUT2D eigenvalue weighted by atomic mass is 10.0. The fourth-order valence-corrected chi connectivity index (χ4v) is 2.22. The Labute approximate surface area is 142 Å². The van der Waals surface area contributed by atoms with Gasteiger partial charge in [-0.05, 0) is 35.9 Å². The van der Waals surface area contributed by atoms with Crippen LogP contribution in [0.3, 0.4) is 0 Å². The number of rotatable bonds is 5. The largest absolute Gasteiger partial charge is 0.467 e. The Morgan fingerprint density at radius 2 is 1.96 bits per heavy atom. The van der Waals surface area contributed by atoms with E-state index in [1.807, 2.05) is 6.07 Å². The van der Waals surface area contributed by atoms with E-state index in [1.165, 1.54) is 7.11 Å². The van der Waals surface area contributed by atoms with Crippen molar-refractivity contribution in [1.29, 1.82) is 5.26 Å². The van der Waals surface area contributed by atoms with Crippen molar-refractivity contribution in [3.8, 4) is 6.07 Å². The van der Waals surface area contributed by atoms with Crippen LogP contribution in [0.4, 0.5) is 8.78 Å². The minimum atomic E-state index is -1.16. The van der Waals surface area contributed by atoms with Crippen LogP contribution in [-0.2, 0) is 16.0 Å². The van der Waals surface area contributed by atoms with Gasteiger partial charge in [-0.2, -0.15) is 5.26 Å². The number of amides is 1. The molecule has 1 amide bonds. The highest BCUT2D eigenvalue weighted by atomic mass is 19.2. The molecule has 128 valence electrons. The third-order valence-electron chi connectivity index (χ3n) is 3.47. The summed E-state index contributed by atoms with van der Waals surface area (Å²) in [5.74, 6) is -3.68. The molecule has 1 N–H and O–H groups in total. The Hall–Kier alpha value is -3.27. The summed E-state index contributed by atoms with van der Waals surface area (Å²) < 4.78 is 30.9. The summed E-state index contributed by atoms with van der Waals surface area (Å²) in [6.07, 6.45) is 0.0810. The number of halogens is 2. The molecule has 2 rings (SSSR count). The maximum atomic E-state index is 13.3. The van der Waals surface area contributed by atoms with E-state index in [-0.39, 0.29) is 12.0 Å². The molecule has 0 unspecified atom stereocenters. The van der Waals surface area contributed by atoms with Crippen LogP contribution in [0, 0.1) is 23.0 Å². The van der Waals surface area contributed by atoms with Crippen molar-refractivity contribution in [2.75, 3.05) is 7.11 Å². The van der Waals surface area contributed by atoms with E-state index in [0.717, 1.165) is 18.2 Å². The van der Waals surface area contributed by atoms with Crippen molar-refractivity contribution in [2.45, 2.75) is 12.5 Å². The highest BCUT2D eigenvalue weighted by Gasteiger charge is 2.23. The predicted octanol–water partition coefficient (Wildman–Crippen LogP) is 2.35. The zero-order valence-corrected chi connectivity index (χ0v) is 13.3. The second-order valence-electron chi connectivity index (χ2n) is 5.19. The summed E-state index contributed by atoms with van der Waals surface area (Å²) in [6, 6.07) is 10.2. The first-order valence-electron chi connectivity index (χ1n) is 7.27. The molecule has 7 heteroatoms. The Kier molecular flexibility index (Phi) is 5.79. The number of methoxy groups -OCH3 is 1. The number of nitrogens with zero attached hydrogens (tertiary/aromatic N) is 1. The molecular weight excluding hydrogens is 330 g/mol. The number of hydrogen-bond donors (Lipinski definition) is 1. The molecular formula is C18H14F2N2O3. The van der Waals surface area contributed by atoms with Gasteiger partial charge in [0.2, 0.25) is 0 Å². The normalized spacial score (nSPS) is 11.3. The fraction of sp³-hybridized carbons (Fsp3) is 0.167. The molecule has 0 bridgehead atoms. The van der Waals surface area contributed by atoms with Gasteiger partial charge in [-0.15, -0.1) is 0 Å². The molecule has 25 heavy (non-hydrogen) atoms. The average molecular weight is 344 g/mol. The molecule has 1 atom stereocenters. The van der Waals surface area contributed by atoms with Crippen LogP contribution in [0.1, 0.15) is 21.5 Å². The van der Waals surface area contributed by atoms with Crippen molar-refractivity contribution in [2.24, 2.45) is 0 Å². The maximum absolute atomic E-state index is 13.3. The lowest BCUT2D eigenvalue weighted by molar-refractivity contribution is -0.142. The van der Waals surface area contributed by atoms with Gasteiger partial charge in [0.15, 0.2) is 11.6 Å². The third kappa shape index (κ3) is 4.61. The van der Waals surface area contributed by atoms with Crippen LogP contribution in [0.25, 0.3) is 0 Å². The van der Waals surface area contributed by atoms with E-state index in [9.17, 15) is 18.4 Å². The van der Waals surface area contributed by atoms with E-state index >= 15 is 0 Å². The van der Waals surface area contributed by atoms with E-state index in [4.69, 9.17) is 5.26 Å². The number of nitrogens with one attached hydrogen (secondary N) is 1. The van der Waals surface area contributed by atoms with Gasteiger partial charge < -0.3 is 10.1 Å². The molecule has 0 heterocycles. The average Bonchev–Trinajstić information content (AvgIpc) is 2.62. The molecule has 2 aromatic rings. The van der Waals surface area contributed by atoms with Gasteiger partial charge in [-0.1, -0.05) is 12.1 Å². The zero-order valence-electron chi connectivity index (χ0n) is 13.3. The summed E-state index contributed by atoms with van der Waals surface area (Å²) in [5, 5.41) is 11.3. The second-order valence-corrected chi connectivity index (χ2v) is 5.19. The lowest BCUT2D eigenvalue weighted by Crippen LogP contribution is -2.43. The highest BCUT2D eigenvalue weighted by molar-refractivity contribution is 5.96. The van der Waals surface area contributed by atoms with Crippen LogP contribution in [0.2, 0.25) is 0 Å². The summed E-state index contributed by atoms with van der Waals surface area (Å²) in [4.78, 5) is 24.1. The summed E-state index contributed by atoms with van der Waals surface area (Å²) in [7, 11) is 1.17. The quantitative estimate of drug-likeness (QED) is 0.845. The van der Waals surface area contributed by atoms with Gasteiger partial charge >= 0.3 is 5.97 Å². The van der Waals surface area contributed by atoms with Crippen molar-refractivity contribution >= 4 is 11.9 Å². The van der Waals surface area contributed by atoms with E-state index in [1.54, 1.807) is 24.3 Å². The first-order valence-corrected chi connectivity index (χ1v) is 7.27. The number of ether oxygens (including phenoxy) is 1. The molecule has 0 saturated heterocycles. The molecule has 0 spiro atoms. The minimum Gasteiger partial charge on any atom is -0.467 e. The molecule has 0 aliphatic carbocycles. The van der Waals surface area contributed by atoms with Crippen LogP contribution < -0.4 is 5.32 Å². The number of carbonyl (C=O) groups excluding carboxylic acids is 2. The van der Waals surface area contributed by atoms with Crippen molar-refractivity contribution in [3.05, 3.63) is 70.8 Å². The van der Waals surface area contributed by atoms with Crippen molar-refractivity contribution in [1.82, 2.24) is 5.32 Å². The van der Waals surface area contributed by atoms with E-state index in [2.05, 4.69) is 10.1 Å². The van der Waals surface area contributed by atoms with Gasteiger partial charge in [-0.25, -0.2) is 13.6 Å². The van der Waals surface area contributed by atoms with Gasteiger partial charge in [0.25, 0.3) is 5.91 Å². The zero-order chi connectivity index (χ0) is 18.4. The van der Waals surface area contributed by atoms with Gasteiger partial charge in [-0.3, -0.25) is 4.79 Å². The highest BCUT2D eigenvalue weighted by Crippen LogP contribution is 2.11. The van der Waals surface area contributed by atoms with Gasteiger partial charge in [0.05, 0.1) is 18.7 Å². The van der Waals surface area contributed by atoms with Crippen LogP contribution in [0.15, 0.2) is 42.5 Å². The van der Waals surface area contributed by atoms with Gasteiger partial charge in [0, 0.05) is 12.0 Å². The van der Waals surface area contributed by atoms with Crippen molar-refractivity contribution < 1.29 is 23.1 Å². The molecule has 2 aromatic carbocycles. The number of carbonyl (C=O) groups is 2. The number of esters is 1. The monoisotopic (exact) mass is 344 g/mol. The predicted molar refractivity (Wildman–Crippen MR) is 84.5 cm³/mol. The van der Waals surface area contributed by atoms with Gasteiger partial charge in [0.1, 0.15) is 6.04 Å². The first kappa shape index (κ1) is 18.1. The lowest BCUT2D eigenvalue weighted by Gasteiger charge is -2.17. The molecule has 0 aliphatic rings. The first-order chi connectivity index (χ1) is 11.9. The minimum absolute atomic E-state index is 0.0810. The Morgan fingerprint density at radius 1 is 1.20 bits per heavy atom. The molecule has 0 saturated carbocycles. The SMILES string of the molecule is COC(=O)[C@@H](Cc1cccc(C#N)c1)NC(=O)c1ccc(F)c(F)c1. The van der Waals surface area contributed by atoms with Crippen LogP contribution in [-0.4, -0.2) is 25.0 Å².